The SMILES string of the molecule is CCOC(=O)C1=C([B-](F)(F)F)CCCCC1.[K+]. The van der Waals surface area contributed by atoms with Gasteiger partial charge in [0.25, 0.3) is 0 Å². The first-order valence-corrected chi connectivity index (χ1v) is 5.55. The number of hydrogen-bond acceptors (Lipinski definition) is 2. The monoisotopic (exact) mass is 274 g/mol. The standard InChI is InChI=1S/C10H15BF3O2.K/c1-2-16-10(15)8-6-4-3-5-7-9(8)11(12,13)14;/h2-7H2,1H3;/q-1;+1. The second kappa shape index (κ2) is 7.99. The Morgan fingerprint density at radius 2 is 1.82 bits per heavy atom. The van der Waals surface area contributed by atoms with Gasteiger partial charge in [-0.25, -0.2) is 4.79 Å². The van der Waals surface area contributed by atoms with Crippen molar-refractivity contribution in [1.82, 2.24) is 0 Å². The molecule has 0 fully saturated rings. The molecule has 0 unspecified atom stereocenters. The summed E-state index contributed by atoms with van der Waals surface area (Å²) in [5.74, 6) is -0.793. The summed E-state index contributed by atoms with van der Waals surface area (Å²) in [5.41, 5.74) is -0.775. The van der Waals surface area contributed by atoms with Crippen LogP contribution in [0.2, 0.25) is 0 Å². The molecule has 0 heterocycles. The molecule has 0 aliphatic heterocycles. The summed E-state index contributed by atoms with van der Waals surface area (Å²) in [5, 5.41) is 0. The van der Waals surface area contributed by atoms with Crippen molar-refractivity contribution >= 4 is 12.9 Å². The zero-order chi connectivity index (χ0) is 12.2. The van der Waals surface area contributed by atoms with Crippen LogP contribution in [0, 0.1) is 0 Å². The average Bonchev–Trinajstić information content (AvgIpc) is 2.41. The molecule has 1 aliphatic carbocycles. The van der Waals surface area contributed by atoms with E-state index >= 15 is 0 Å². The zero-order valence-corrected chi connectivity index (χ0v) is 13.4. The second-order valence-electron chi connectivity index (χ2n) is 3.86. The van der Waals surface area contributed by atoms with Crippen molar-refractivity contribution in [1.29, 1.82) is 0 Å². The molecule has 0 bridgehead atoms. The van der Waals surface area contributed by atoms with Crippen molar-refractivity contribution in [3.8, 4) is 0 Å². The van der Waals surface area contributed by atoms with Crippen LogP contribution in [0.15, 0.2) is 11.0 Å². The first-order valence-electron chi connectivity index (χ1n) is 5.55. The van der Waals surface area contributed by atoms with E-state index in [0.29, 0.717) is 12.8 Å². The molecular formula is C10H15BF3KO2. The molecule has 92 valence electrons. The predicted octanol–water partition coefficient (Wildman–Crippen LogP) is 0.201. The minimum atomic E-state index is -5.06. The Morgan fingerprint density at radius 1 is 1.24 bits per heavy atom. The number of halogens is 3. The predicted molar refractivity (Wildman–Crippen MR) is 55.8 cm³/mol. The largest absolute Gasteiger partial charge is 1.00 e. The fourth-order valence-corrected chi connectivity index (χ4v) is 1.92. The average molecular weight is 274 g/mol. The fourth-order valence-electron chi connectivity index (χ4n) is 1.92. The first-order chi connectivity index (χ1) is 7.46. The van der Waals surface area contributed by atoms with Crippen LogP contribution >= 0.6 is 0 Å². The van der Waals surface area contributed by atoms with Gasteiger partial charge in [0.05, 0.1) is 6.61 Å². The van der Waals surface area contributed by atoms with Crippen LogP contribution < -0.4 is 51.4 Å². The molecular weight excluding hydrogens is 259 g/mol. The maximum Gasteiger partial charge on any atom is 1.00 e. The Hall–Kier alpha value is 0.701. The number of carbonyl (C=O) groups excluding carboxylic acids is 1. The van der Waals surface area contributed by atoms with E-state index in [-0.39, 0.29) is 76.4 Å². The summed E-state index contributed by atoms with van der Waals surface area (Å²) in [6, 6.07) is 0. The Balaban J connectivity index is 0.00000256. The number of rotatable bonds is 3. The van der Waals surface area contributed by atoms with Crippen molar-refractivity contribution < 1.29 is 73.9 Å². The molecule has 17 heavy (non-hydrogen) atoms. The van der Waals surface area contributed by atoms with Crippen LogP contribution in [0.3, 0.4) is 0 Å². The maximum absolute atomic E-state index is 12.8. The van der Waals surface area contributed by atoms with Crippen LogP contribution in [0.1, 0.15) is 39.0 Å². The van der Waals surface area contributed by atoms with E-state index in [1.807, 2.05) is 0 Å². The number of esters is 1. The van der Waals surface area contributed by atoms with Gasteiger partial charge in [0.1, 0.15) is 0 Å². The van der Waals surface area contributed by atoms with Gasteiger partial charge in [0.15, 0.2) is 0 Å². The number of allylic oxidation sites excluding steroid dienone is 1. The summed E-state index contributed by atoms with van der Waals surface area (Å²) in [6.07, 6.45) is 2.01. The van der Waals surface area contributed by atoms with Crippen LogP contribution in [0.5, 0.6) is 0 Å². The normalized spacial score (nSPS) is 17.2. The molecule has 0 saturated carbocycles. The number of carbonyl (C=O) groups is 1. The quantitative estimate of drug-likeness (QED) is 0.543. The van der Waals surface area contributed by atoms with Gasteiger partial charge in [-0.15, -0.1) is 5.47 Å². The van der Waals surface area contributed by atoms with Crippen molar-refractivity contribution in [3.05, 3.63) is 11.0 Å². The van der Waals surface area contributed by atoms with Gasteiger partial charge in [-0.1, -0.05) is 19.3 Å². The number of ether oxygens (including phenoxy) is 1. The molecule has 0 spiro atoms. The topological polar surface area (TPSA) is 26.3 Å². The molecule has 0 saturated heterocycles. The zero-order valence-electron chi connectivity index (χ0n) is 10.3. The van der Waals surface area contributed by atoms with Gasteiger partial charge >= 0.3 is 64.3 Å². The van der Waals surface area contributed by atoms with E-state index in [2.05, 4.69) is 4.74 Å². The second-order valence-corrected chi connectivity index (χ2v) is 3.86. The van der Waals surface area contributed by atoms with Crippen molar-refractivity contribution in [2.45, 2.75) is 39.0 Å². The molecule has 1 rings (SSSR count). The summed E-state index contributed by atoms with van der Waals surface area (Å²) in [4.78, 5) is 11.4. The van der Waals surface area contributed by atoms with Gasteiger partial charge in [-0.3, -0.25) is 0 Å². The third-order valence-electron chi connectivity index (χ3n) is 2.68. The molecule has 0 aromatic rings. The van der Waals surface area contributed by atoms with Gasteiger partial charge in [0, 0.05) is 5.57 Å². The first kappa shape index (κ1) is 17.7. The van der Waals surface area contributed by atoms with Crippen molar-refractivity contribution in [3.63, 3.8) is 0 Å². The number of hydrogen-bond donors (Lipinski definition) is 0. The molecule has 7 heteroatoms. The summed E-state index contributed by atoms with van der Waals surface area (Å²) in [7, 11) is 0. The van der Waals surface area contributed by atoms with E-state index in [1.165, 1.54) is 0 Å². The van der Waals surface area contributed by atoms with Crippen molar-refractivity contribution in [2.75, 3.05) is 6.61 Å². The van der Waals surface area contributed by atoms with E-state index < -0.39 is 18.4 Å². The Morgan fingerprint density at radius 3 is 2.35 bits per heavy atom. The molecule has 0 N–H and O–H groups in total. The van der Waals surface area contributed by atoms with E-state index in [9.17, 15) is 17.7 Å². The van der Waals surface area contributed by atoms with Crippen molar-refractivity contribution in [2.24, 2.45) is 0 Å². The Kier molecular flexibility index (Phi) is 8.32. The molecule has 0 aromatic heterocycles. The molecule has 2 nitrogen and oxygen atoms in total. The minimum absolute atomic E-state index is 0. The van der Waals surface area contributed by atoms with Gasteiger partial charge in [-0.05, 0) is 19.8 Å². The van der Waals surface area contributed by atoms with E-state index in [1.54, 1.807) is 6.92 Å². The van der Waals surface area contributed by atoms with Crippen LogP contribution in [-0.4, -0.2) is 19.6 Å². The maximum atomic E-state index is 12.8. The Labute approximate surface area is 142 Å². The Bertz CT molecular complexity index is 302. The van der Waals surface area contributed by atoms with Gasteiger partial charge < -0.3 is 17.7 Å². The van der Waals surface area contributed by atoms with Crippen LogP contribution in [-0.2, 0) is 9.53 Å². The summed E-state index contributed by atoms with van der Waals surface area (Å²) in [6.45, 7) is -3.36. The third kappa shape index (κ3) is 5.46. The third-order valence-corrected chi connectivity index (χ3v) is 2.68. The molecule has 0 atom stereocenters. The molecule has 0 aromatic carbocycles. The van der Waals surface area contributed by atoms with Gasteiger partial charge in [-0.2, -0.15) is 0 Å². The summed E-state index contributed by atoms with van der Waals surface area (Å²) >= 11 is 0. The molecule has 1 aliphatic rings. The minimum Gasteiger partial charge on any atom is -0.463 e. The van der Waals surface area contributed by atoms with E-state index in [4.69, 9.17) is 0 Å². The fraction of sp³-hybridized carbons (Fsp3) is 0.700. The molecule has 0 radical (unpaired) electrons. The van der Waals surface area contributed by atoms with Crippen LogP contribution in [0.4, 0.5) is 12.9 Å². The molecule has 0 amide bonds. The van der Waals surface area contributed by atoms with Gasteiger partial charge in [0.2, 0.25) is 0 Å². The van der Waals surface area contributed by atoms with E-state index in [0.717, 1.165) is 6.42 Å². The van der Waals surface area contributed by atoms with Crippen LogP contribution in [0.25, 0.3) is 0 Å². The summed E-state index contributed by atoms with van der Waals surface area (Å²) < 4.78 is 43.0. The smallest absolute Gasteiger partial charge is 0.463 e.